The van der Waals surface area contributed by atoms with Crippen LogP contribution in [0.2, 0.25) is 0 Å². The standard InChI is InChI=1S/C11H15BrN2/c12-11(10-4-2-1-3-5-10)14-8-6-13-7-9-14/h1-5,11,13H,6-9H2. The van der Waals surface area contributed by atoms with Gasteiger partial charge in [0.1, 0.15) is 0 Å². The largest absolute Gasteiger partial charge is 0.314 e. The first-order valence-corrected chi connectivity index (χ1v) is 5.93. The highest BCUT2D eigenvalue weighted by Crippen LogP contribution is 2.26. The van der Waals surface area contributed by atoms with Gasteiger partial charge >= 0.3 is 0 Å². The van der Waals surface area contributed by atoms with Gasteiger partial charge in [0.25, 0.3) is 0 Å². The number of rotatable bonds is 2. The monoisotopic (exact) mass is 254 g/mol. The third kappa shape index (κ3) is 2.35. The van der Waals surface area contributed by atoms with Gasteiger partial charge in [-0.3, -0.25) is 4.90 Å². The lowest BCUT2D eigenvalue weighted by Gasteiger charge is -2.31. The van der Waals surface area contributed by atoms with Crippen LogP contribution < -0.4 is 5.32 Å². The van der Waals surface area contributed by atoms with Crippen molar-refractivity contribution in [3.63, 3.8) is 0 Å². The molecule has 14 heavy (non-hydrogen) atoms. The zero-order chi connectivity index (χ0) is 9.80. The van der Waals surface area contributed by atoms with Crippen LogP contribution in [0.4, 0.5) is 0 Å². The first kappa shape index (κ1) is 10.1. The molecule has 1 aliphatic heterocycles. The molecule has 1 heterocycles. The summed E-state index contributed by atoms with van der Waals surface area (Å²) >= 11 is 3.75. The zero-order valence-electron chi connectivity index (χ0n) is 8.12. The van der Waals surface area contributed by atoms with E-state index in [2.05, 4.69) is 56.5 Å². The van der Waals surface area contributed by atoms with Crippen molar-refractivity contribution in [2.24, 2.45) is 0 Å². The third-order valence-corrected chi connectivity index (χ3v) is 3.65. The molecule has 0 aromatic heterocycles. The molecule has 3 heteroatoms. The highest BCUT2D eigenvalue weighted by Gasteiger charge is 2.18. The van der Waals surface area contributed by atoms with Crippen LogP contribution in [-0.4, -0.2) is 31.1 Å². The summed E-state index contributed by atoms with van der Waals surface area (Å²) in [4.78, 5) is 2.82. The summed E-state index contributed by atoms with van der Waals surface area (Å²) < 4.78 is 0. The number of hydrogen-bond donors (Lipinski definition) is 1. The zero-order valence-corrected chi connectivity index (χ0v) is 9.70. The van der Waals surface area contributed by atoms with Crippen LogP contribution in [0.5, 0.6) is 0 Å². The Balaban J connectivity index is 2.03. The molecule has 1 fully saturated rings. The summed E-state index contributed by atoms with van der Waals surface area (Å²) in [6.07, 6.45) is 0. The van der Waals surface area contributed by atoms with E-state index in [1.165, 1.54) is 5.56 Å². The van der Waals surface area contributed by atoms with E-state index in [4.69, 9.17) is 0 Å². The summed E-state index contributed by atoms with van der Waals surface area (Å²) in [5.41, 5.74) is 1.34. The summed E-state index contributed by atoms with van der Waals surface area (Å²) in [5, 5.41) is 3.36. The number of benzene rings is 1. The molecule has 1 aromatic rings. The highest BCUT2D eigenvalue weighted by molar-refractivity contribution is 9.09. The molecule has 0 saturated carbocycles. The fourth-order valence-corrected chi connectivity index (χ4v) is 2.45. The normalized spacial score (nSPS) is 20.6. The Morgan fingerprint density at radius 3 is 2.43 bits per heavy atom. The maximum atomic E-state index is 3.75. The molecule has 0 bridgehead atoms. The van der Waals surface area contributed by atoms with E-state index in [1.807, 2.05) is 0 Å². The van der Waals surface area contributed by atoms with E-state index in [0.717, 1.165) is 26.2 Å². The Hall–Kier alpha value is -0.380. The Labute approximate surface area is 93.4 Å². The smallest absolute Gasteiger partial charge is 0.0912 e. The fraction of sp³-hybridized carbons (Fsp3) is 0.455. The maximum absolute atomic E-state index is 3.75. The van der Waals surface area contributed by atoms with Crippen molar-refractivity contribution in [1.29, 1.82) is 0 Å². The summed E-state index contributed by atoms with van der Waals surface area (Å²) in [6, 6.07) is 10.6. The van der Waals surface area contributed by atoms with Crippen LogP contribution in [0.1, 0.15) is 10.5 Å². The lowest BCUT2D eigenvalue weighted by Crippen LogP contribution is -2.43. The summed E-state index contributed by atoms with van der Waals surface area (Å²) in [5.74, 6) is 0. The molecule has 76 valence electrons. The maximum Gasteiger partial charge on any atom is 0.0912 e. The predicted molar refractivity (Wildman–Crippen MR) is 62.6 cm³/mol. The minimum Gasteiger partial charge on any atom is -0.314 e. The van der Waals surface area contributed by atoms with Crippen molar-refractivity contribution in [1.82, 2.24) is 10.2 Å². The van der Waals surface area contributed by atoms with Gasteiger partial charge in [0.15, 0.2) is 0 Å². The fourth-order valence-electron chi connectivity index (χ4n) is 1.73. The van der Waals surface area contributed by atoms with E-state index < -0.39 is 0 Å². The second-order valence-electron chi connectivity index (χ2n) is 3.53. The predicted octanol–water partition coefficient (Wildman–Crippen LogP) is 1.99. The topological polar surface area (TPSA) is 15.3 Å². The SMILES string of the molecule is BrC(c1ccccc1)N1CCNCC1. The van der Waals surface area contributed by atoms with Crippen LogP contribution >= 0.6 is 15.9 Å². The van der Waals surface area contributed by atoms with E-state index in [9.17, 15) is 0 Å². The van der Waals surface area contributed by atoms with Crippen molar-refractivity contribution < 1.29 is 0 Å². The Bertz CT molecular complexity index is 270. The van der Waals surface area contributed by atoms with Crippen LogP contribution in [-0.2, 0) is 0 Å². The molecule has 0 radical (unpaired) electrons. The molecule has 0 amide bonds. The number of alkyl halides is 1. The first-order chi connectivity index (χ1) is 6.88. The van der Waals surface area contributed by atoms with Gasteiger partial charge in [-0.05, 0) is 5.56 Å². The molecule has 1 aliphatic rings. The lowest BCUT2D eigenvalue weighted by molar-refractivity contribution is 0.230. The number of hydrogen-bond acceptors (Lipinski definition) is 2. The van der Waals surface area contributed by atoms with E-state index in [1.54, 1.807) is 0 Å². The second-order valence-corrected chi connectivity index (χ2v) is 4.40. The van der Waals surface area contributed by atoms with E-state index in [-0.39, 0.29) is 0 Å². The van der Waals surface area contributed by atoms with E-state index >= 15 is 0 Å². The Kier molecular flexibility index (Phi) is 3.56. The van der Waals surface area contributed by atoms with Gasteiger partial charge in [0.2, 0.25) is 0 Å². The number of nitrogens with zero attached hydrogens (tertiary/aromatic N) is 1. The van der Waals surface area contributed by atoms with Crippen molar-refractivity contribution in [2.45, 2.75) is 4.95 Å². The van der Waals surface area contributed by atoms with Gasteiger partial charge in [-0.25, -0.2) is 0 Å². The molecule has 1 aromatic carbocycles. The third-order valence-electron chi connectivity index (χ3n) is 2.55. The molecule has 1 unspecified atom stereocenters. The molecular formula is C11H15BrN2. The van der Waals surface area contributed by atoms with Crippen LogP contribution in [0, 0.1) is 0 Å². The molecule has 0 spiro atoms. The quantitative estimate of drug-likeness (QED) is 0.642. The molecule has 2 nitrogen and oxygen atoms in total. The van der Waals surface area contributed by atoms with Crippen LogP contribution in [0.15, 0.2) is 30.3 Å². The molecule has 1 N–H and O–H groups in total. The van der Waals surface area contributed by atoms with Crippen molar-refractivity contribution in [3.8, 4) is 0 Å². The van der Waals surface area contributed by atoms with Crippen LogP contribution in [0.3, 0.4) is 0 Å². The molecule has 1 saturated heterocycles. The number of halogens is 1. The summed E-state index contributed by atoms with van der Waals surface area (Å²) in [7, 11) is 0. The van der Waals surface area contributed by atoms with Crippen molar-refractivity contribution >= 4 is 15.9 Å². The van der Waals surface area contributed by atoms with Gasteiger partial charge in [0, 0.05) is 26.2 Å². The average Bonchev–Trinajstić information content (AvgIpc) is 2.30. The second kappa shape index (κ2) is 4.91. The van der Waals surface area contributed by atoms with Gasteiger partial charge in [0.05, 0.1) is 4.95 Å². The number of nitrogens with one attached hydrogen (secondary N) is 1. The van der Waals surface area contributed by atoms with Gasteiger partial charge in [-0.1, -0.05) is 46.3 Å². The molecular weight excluding hydrogens is 240 g/mol. The minimum absolute atomic E-state index is 0.366. The number of piperazine rings is 1. The van der Waals surface area contributed by atoms with Crippen molar-refractivity contribution in [3.05, 3.63) is 35.9 Å². The van der Waals surface area contributed by atoms with Crippen molar-refractivity contribution in [2.75, 3.05) is 26.2 Å². The van der Waals surface area contributed by atoms with Gasteiger partial charge in [-0.2, -0.15) is 0 Å². The highest BCUT2D eigenvalue weighted by atomic mass is 79.9. The lowest BCUT2D eigenvalue weighted by atomic mass is 10.2. The Morgan fingerprint density at radius 1 is 1.14 bits per heavy atom. The Morgan fingerprint density at radius 2 is 1.79 bits per heavy atom. The summed E-state index contributed by atoms with van der Waals surface area (Å²) in [6.45, 7) is 4.42. The molecule has 1 atom stereocenters. The van der Waals surface area contributed by atoms with Gasteiger partial charge in [-0.15, -0.1) is 0 Å². The van der Waals surface area contributed by atoms with Gasteiger partial charge < -0.3 is 5.32 Å². The minimum atomic E-state index is 0.366. The molecule has 2 rings (SSSR count). The first-order valence-electron chi connectivity index (χ1n) is 5.02. The van der Waals surface area contributed by atoms with Crippen LogP contribution in [0.25, 0.3) is 0 Å². The van der Waals surface area contributed by atoms with E-state index in [0.29, 0.717) is 4.95 Å². The average molecular weight is 255 g/mol. The molecule has 0 aliphatic carbocycles.